The molecular formula is C30H40N2O4. The van der Waals surface area contributed by atoms with E-state index in [0.29, 0.717) is 6.42 Å². The highest BCUT2D eigenvalue weighted by Gasteiger charge is 2.27. The molecule has 0 aliphatic carbocycles. The predicted molar refractivity (Wildman–Crippen MR) is 147 cm³/mol. The van der Waals surface area contributed by atoms with Crippen molar-refractivity contribution in [3.8, 4) is 0 Å². The van der Waals surface area contributed by atoms with Crippen LogP contribution in [0.5, 0.6) is 0 Å². The highest BCUT2D eigenvalue weighted by molar-refractivity contribution is 5.70. The van der Waals surface area contributed by atoms with Gasteiger partial charge >= 0.3 is 12.2 Å². The molecule has 0 radical (unpaired) electrons. The fourth-order valence-electron chi connectivity index (χ4n) is 3.62. The SMILES string of the molecule is C=C(C)c1ccc(C(C)(C)NC(=O)OC(CC)COC(=O)NC(C)(C)c2cccc(C(=C)C)c2)cc1. The van der Waals surface area contributed by atoms with Crippen LogP contribution in [0.4, 0.5) is 9.59 Å². The fraction of sp³-hybridized carbons (Fsp3) is 0.400. The van der Waals surface area contributed by atoms with Gasteiger partial charge in [-0.3, -0.25) is 0 Å². The normalized spacial score (nSPS) is 12.3. The molecule has 36 heavy (non-hydrogen) atoms. The van der Waals surface area contributed by atoms with E-state index < -0.39 is 29.4 Å². The summed E-state index contributed by atoms with van der Waals surface area (Å²) in [6.45, 7) is 21.2. The van der Waals surface area contributed by atoms with Crippen LogP contribution in [0, 0.1) is 0 Å². The molecule has 6 nitrogen and oxygen atoms in total. The van der Waals surface area contributed by atoms with E-state index in [-0.39, 0.29) is 6.61 Å². The molecule has 1 unspecified atom stereocenters. The first-order chi connectivity index (χ1) is 16.7. The van der Waals surface area contributed by atoms with Crippen molar-refractivity contribution in [2.45, 2.75) is 72.1 Å². The molecule has 0 aliphatic heterocycles. The number of carbonyl (C=O) groups is 2. The minimum absolute atomic E-state index is 0.0502. The highest BCUT2D eigenvalue weighted by Crippen LogP contribution is 2.24. The van der Waals surface area contributed by atoms with E-state index in [1.807, 2.05) is 97.0 Å². The Bertz CT molecular complexity index is 1100. The van der Waals surface area contributed by atoms with Gasteiger partial charge in [-0.2, -0.15) is 0 Å². The van der Waals surface area contributed by atoms with Crippen molar-refractivity contribution >= 4 is 23.3 Å². The van der Waals surface area contributed by atoms with Crippen molar-refractivity contribution in [2.24, 2.45) is 0 Å². The number of hydrogen-bond acceptors (Lipinski definition) is 4. The van der Waals surface area contributed by atoms with Gasteiger partial charge in [0.15, 0.2) is 0 Å². The van der Waals surface area contributed by atoms with Gasteiger partial charge in [-0.25, -0.2) is 9.59 Å². The summed E-state index contributed by atoms with van der Waals surface area (Å²) in [4.78, 5) is 25.1. The van der Waals surface area contributed by atoms with Gasteiger partial charge in [-0.15, -0.1) is 0 Å². The molecule has 0 aliphatic rings. The lowest BCUT2D eigenvalue weighted by atomic mass is 9.92. The van der Waals surface area contributed by atoms with Crippen molar-refractivity contribution < 1.29 is 19.1 Å². The zero-order valence-electron chi connectivity index (χ0n) is 22.7. The second-order valence-corrected chi connectivity index (χ2v) is 10.3. The van der Waals surface area contributed by atoms with Gasteiger partial charge in [-0.05, 0) is 76.3 Å². The molecule has 0 heterocycles. The van der Waals surface area contributed by atoms with Crippen molar-refractivity contribution in [1.29, 1.82) is 0 Å². The Morgan fingerprint density at radius 2 is 1.39 bits per heavy atom. The Labute approximate surface area is 215 Å². The van der Waals surface area contributed by atoms with Gasteiger partial charge in [0.1, 0.15) is 12.7 Å². The van der Waals surface area contributed by atoms with Crippen LogP contribution in [0.25, 0.3) is 11.1 Å². The van der Waals surface area contributed by atoms with Crippen LogP contribution in [-0.4, -0.2) is 24.9 Å². The maximum absolute atomic E-state index is 12.6. The quantitative estimate of drug-likeness (QED) is 0.369. The van der Waals surface area contributed by atoms with E-state index in [2.05, 4.69) is 23.8 Å². The van der Waals surface area contributed by atoms with Crippen LogP contribution >= 0.6 is 0 Å². The molecule has 2 aromatic carbocycles. The molecule has 1 atom stereocenters. The van der Waals surface area contributed by atoms with Crippen molar-refractivity contribution in [3.63, 3.8) is 0 Å². The van der Waals surface area contributed by atoms with Crippen LogP contribution in [0.1, 0.15) is 77.1 Å². The molecule has 0 spiro atoms. The first kappa shape index (κ1) is 28.7. The Kier molecular flexibility index (Phi) is 9.51. The second-order valence-electron chi connectivity index (χ2n) is 10.3. The minimum atomic E-state index is -0.661. The number of benzene rings is 2. The minimum Gasteiger partial charge on any atom is -0.446 e. The van der Waals surface area contributed by atoms with Gasteiger partial charge in [0.05, 0.1) is 11.1 Å². The summed E-state index contributed by atoms with van der Waals surface area (Å²) in [5.74, 6) is 0. The predicted octanol–water partition coefficient (Wildman–Crippen LogP) is 7.15. The second kappa shape index (κ2) is 11.9. The molecule has 0 saturated carbocycles. The number of amides is 2. The summed E-state index contributed by atoms with van der Waals surface area (Å²) in [5, 5.41) is 5.79. The fourth-order valence-corrected chi connectivity index (χ4v) is 3.62. The smallest absolute Gasteiger partial charge is 0.408 e. The average molecular weight is 493 g/mol. The van der Waals surface area contributed by atoms with Crippen LogP contribution in [0.15, 0.2) is 61.7 Å². The summed E-state index contributed by atoms with van der Waals surface area (Å²) in [6.07, 6.45) is -1.23. The third kappa shape index (κ3) is 8.01. The molecule has 0 aromatic heterocycles. The van der Waals surface area contributed by atoms with Gasteiger partial charge in [-0.1, -0.05) is 73.7 Å². The number of rotatable bonds is 10. The molecule has 0 fully saturated rings. The van der Waals surface area contributed by atoms with Gasteiger partial charge < -0.3 is 20.1 Å². The van der Waals surface area contributed by atoms with E-state index in [9.17, 15) is 9.59 Å². The molecule has 0 saturated heterocycles. The Balaban J connectivity index is 1.92. The molecule has 2 rings (SSSR count). The molecule has 2 aromatic rings. The van der Waals surface area contributed by atoms with E-state index in [0.717, 1.165) is 33.4 Å². The lowest BCUT2D eigenvalue weighted by Crippen LogP contribution is -2.44. The molecular weight excluding hydrogens is 452 g/mol. The van der Waals surface area contributed by atoms with Gasteiger partial charge in [0, 0.05) is 0 Å². The third-order valence-electron chi connectivity index (χ3n) is 6.13. The topological polar surface area (TPSA) is 76.7 Å². The van der Waals surface area contributed by atoms with E-state index in [1.165, 1.54) is 0 Å². The standard InChI is InChI=1S/C30H40N2O4/c1-10-26(36-28(34)32-29(6,7)24-16-14-22(15-17-24)20(2)3)19-35-27(33)31-30(8,9)25-13-11-12-23(18-25)21(4)5/h11-18,26H,2,4,10,19H2,1,3,5-9H3,(H,31,33)(H,32,34). The molecule has 194 valence electrons. The lowest BCUT2D eigenvalue weighted by Gasteiger charge is -2.29. The number of ether oxygens (including phenoxy) is 2. The summed E-state index contributed by atoms with van der Waals surface area (Å²) in [7, 11) is 0. The van der Waals surface area contributed by atoms with Crippen LogP contribution in [0.2, 0.25) is 0 Å². The Morgan fingerprint density at radius 3 is 1.94 bits per heavy atom. The van der Waals surface area contributed by atoms with Crippen LogP contribution in [-0.2, 0) is 20.6 Å². The number of hydrogen-bond donors (Lipinski definition) is 2. The largest absolute Gasteiger partial charge is 0.446 e. The van der Waals surface area contributed by atoms with Crippen molar-refractivity contribution in [1.82, 2.24) is 10.6 Å². The van der Waals surface area contributed by atoms with Gasteiger partial charge in [0.2, 0.25) is 0 Å². The number of carbonyl (C=O) groups excluding carboxylic acids is 2. The molecule has 2 N–H and O–H groups in total. The summed E-state index contributed by atoms with van der Waals surface area (Å²) < 4.78 is 10.9. The van der Waals surface area contributed by atoms with Gasteiger partial charge in [0.25, 0.3) is 0 Å². The summed E-state index contributed by atoms with van der Waals surface area (Å²) in [5.41, 5.74) is 4.54. The van der Waals surface area contributed by atoms with Crippen molar-refractivity contribution in [3.05, 3.63) is 83.9 Å². The maximum atomic E-state index is 12.6. The van der Waals surface area contributed by atoms with E-state index in [1.54, 1.807) is 0 Å². The molecule has 2 amide bonds. The first-order valence-electron chi connectivity index (χ1n) is 12.2. The van der Waals surface area contributed by atoms with Crippen LogP contribution in [0.3, 0.4) is 0 Å². The summed E-state index contributed by atoms with van der Waals surface area (Å²) >= 11 is 0. The average Bonchev–Trinajstić information content (AvgIpc) is 2.81. The monoisotopic (exact) mass is 492 g/mol. The lowest BCUT2D eigenvalue weighted by molar-refractivity contribution is 0.0367. The highest BCUT2D eigenvalue weighted by atomic mass is 16.6. The number of nitrogens with one attached hydrogen (secondary N) is 2. The van der Waals surface area contributed by atoms with E-state index in [4.69, 9.17) is 9.47 Å². The van der Waals surface area contributed by atoms with Crippen LogP contribution < -0.4 is 10.6 Å². The molecule has 0 bridgehead atoms. The summed E-state index contributed by atoms with van der Waals surface area (Å²) in [6, 6.07) is 15.7. The third-order valence-corrected chi connectivity index (χ3v) is 6.13. The molecule has 6 heteroatoms. The number of allylic oxidation sites excluding steroid dienone is 2. The van der Waals surface area contributed by atoms with E-state index >= 15 is 0 Å². The zero-order valence-corrected chi connectivity index (χ0v) is 22.7. The first-order valence-corrected chi connectivity index (χ1v) is 12.2. The zero-order chi connectivity index (χ0) is 27.1. The Hall–Kier alpha value is -3.54. The Morgan fingerprint density at radius 1 is 0.833 bits per heavy atom. The van der Waals surface area contributed by atoms with Crippen molar-refractivity contribution in [2.75, 3.05) is 6.61 Å². The maximum Gasteiger partial charge on any atom is 0.408 e. The number of alkyl carbamates (subject to hydrolysis) is 2.